The van der Waals surface area contributed by atoms with Crippen molar-refractivity contribution in [1.82, 2.24) is 5.32 Å². The van der Waals surface area contributed by atoms with E-state index in [0.29, 0.717) is 17.8 Å². The number of nitrogens with one attached hydrogen (secondary N) is 4. The average Bonchev–Trinajstić information content (AvgIpc) is 2.80. The Hall–Kier alpha value is -3.22. The molecule has 0 bridgehead atoms. The van der Waals surface area contributed by atoms with Crippen LogP contribution in [-0.2, 0) is 11.3 Å². The minimum absolute atomic E-state index is 0.0124. The summed E-state index contributed by atoms with van der Waals surface area (Å²) < 4.78 is 0. The summed E-state index contributed by atoms with van der Waals surface area (Å²) in [6, 6.07) is 22.1. The Labute approximate surface area is 182 Å². The van der Waals surface area contributed by atoms with Crippen LogP contribution in [0.15, 0.2) is 66.7 Å². The molecule has 0 saturated carbocycles. The normalized spacial score (nSPS) is 18.5. The van der Waals surface area contributed by atoms with E-state index in [1.807, 2.05) is 6.07 Å². The molecular formula is C25H30N4O2+2. The SMILES string of the molecule is CNC(=O)c1cccc(NC(=O)C[NH+]2CC[NH+](Cc3cccc4ccccc34)CC2)c1. The Morgan fingerprint density at radius 1 is 0.871 bits per heavy atom. The molecule has 1 saturated heterocycles. The van der Waals surface area contributed by atoms with Crippen LogP contribution in [0.5, 0.6) is 0 Å². The minimum Gasteiger partial charge on any atom is -0.355 e. The molecule has 1 aliphatic rings. The van der Waals surface area contributed by atoms with Gasteiger partial charge >= 0.3 is 0 Å². The van der Waals surface area contributed by atoms with Crippen molar-refractivity contribution < 1.29 is 19.4 Å². The lowest BCUT2D eigenvalue weighted by atomic mass is 10.0. The van der Waals surface area contributed by atoms with Crippen molar-refractivity contribution in [2.45, 2.75) is 6.54 Å². The molecule has 160 valence electrons. The number of benzene rings is 3. The summed E-state index contributed by atoms with van der Waals surface area (Å²) >= 11 is 0. The van der Waals surface area contributed by atoms with Crippen LogP contribution in [0.4, 0.5) is 5.69 Å². The quantitative estimate of drug-likeness (QED) is 0.460. The summed E-state index contributed by atoms with van der Waals surface area (Å²) in [5.41, 5.74) is 2.59. The van der Waals surface area contributed by atoms with Crippen molar-refractivity contribution in [2.24, 2.45) is 0 Å². The minimum atomic E-state index is -0.160. The van der Waals surface area contributed by atoms with E-state index in [0.717, 1.165) is 32.7 Å². The lowest BCUT2D eigenvalue weighted by molar-refractivity contribution is -1.01. The lowest BCUT2D eigenvalue weighted by Crippen LogP contribution is -3.28. The molecule has 6 nitrogen and oxygen atoms in total. The van der Waals surface area contributed by atoms with Gasteiger partial charge in [-0.25, -0.2) is 0 Å². The number of fused-ring (bicyclic) bond motifs is 1. The van der Waals surface area contributed by atoms with Crippen LogP contribution >= 0.6 is 0 Å². The van der Waals surface area contributed by atoms with Gasteiger partial charge in [0.1, 0.15) is 32.7 Å². The Morgan fingerprint density at radius 2 is 1.58 bits per heavy atom. The molecule has 31 heavy (non-hydrogen) atoms. The number of piperazine rings is 1. The zero-order valence-corrected chi connectivity index (χ0v) is 17.9. The third-order valence-corrected chi connectivity index (χ3v) is 6.03. The Kier molecular flexibility index (Phi) is 6.60. The Bertz CT molecular complexity index is 1070. The highest BCUT2D eigenvalue weighted by Gasteiger charge is 2.25. The summed E-state index contributed by atoms with van der Waals surface area (Å²) in [5.74, 6) is -0.173. The predicted octanol–water partition coefficient (Wildman–Crippen LogP) is 0.122. The van der Waals surface area contributed by atoms with Gasteiger partial charge in [0.15, 0.2) is 6.54 Å². The zero-order chi connectivity index (χ0) is 21.6. The summed E-state index contributed by atoms with van der Waals surface area (Å²) in [5, 5.41) is 8.16. The second-order valence-corrected chi connectivity index (χ2v) is 8.20. The standard InChI is InChI=1S/C25H28N4O2/c1-26-25(31)20-8-5-10-22(16-20)27-24(30)18-29-14-12-28(13-15-29)17-21-9-4-7-19-6-2-3-11-23(19)21/h2-11,16H,12-15,17-18H2,1H3,(H,26,31)(H,27,30)/p+2. The molecule has 1 fully saturated rings. The maximum Gasteiger partial charge on any atom is 0.279 e. The average molecular weight is 419 g/mol. The summed E-state index contributed by atoms with van der Waals surface area (Å²) in [7, 11) is 1.60. The van der Waals surface area contributed by atoms with Crippen LogP contribution in [0.25, 0.3) is 10.8 Å². The molecule has 4 rings (SSSR count). The molecular weight excluding hydrogens is 388 g/mol. The molecule has 1 aliphatic heterocycles. The van der Waals surface area contributed by atoms with Crippen molar-refractivity contribution in [3.63, 3.8) is 0 Å². The molecule has 0 spiro atoms. The fourth-order valence-corrected chi connectivity index (χ4v) is 4.34. The first-order valence-corrected chi connectivity index (χ1v) is 10.9. The monoisotopic (exact) mass is 418 g/mol. The molecule has 0 radical (unpaired) electrons. The highest BCUT2D eigenvalue weighted by Crippen LogP contribution is 2.17. The fourth-order valence-electron chi connectivity index (χ4n) is 4.34. The highest BCUT2D eigenvalue weighted by molar-refractivity contribution is 5.97. The second-order valence-electron chi connectivity index (χ2n) is 8.20. The number of anilines is 1. The number of hydrogen-bond donors (Lipinski definition) is 4. The molecule has 0 aliphatic carbocycles. The third-order valence-electron chi connectivity index (χ3n) is 6.03. The molecule has 2 amide bonds. The fraction of sp³-hybridized carbons (Fsp3) is 0.280. The maximum atomic E-state index is 12.5. The maximum absolute atomic E-state index is 12.5. The Morgan fingerprint density at radius 3 is 2.39 bits per heavy atom. The van der Waals surface area contributed by atoms with Gasteiger partial charge in [0, 0.05) is 23.9 Å². The van der Waals surface area contributed by atoms with Gasteiger partial charge in [-0.3, -0.25) is 9.59 Å². The molecule has 0 atom stereocenters. The first-order valence-electron chi connectivity index (χ1n) is 10.9. The van der Waals surface area contributed by atoms with Gasteiger partial charge in [0.2, 0.25) is 0 Å². The highest BCUT2D eigenvalue weighted by atomic mass is 16.2. The number of hydrogen-bond acceptors (Lipinski definition) is 2. The molecule has 1 heterocycles. The van der Waals surface area contributed by atoms with E-state index in [9.17, 15) is 9.59 Å². The predicted molar refractivity (Wildman–Crippen MR) is 122 cm³/mol. The van der Waals surface area contributed by atoms with Crippen LogP contribution < -0.4 is 20.4 Å². The first kappa shape index (κ1) is 21.0. The van der Waals surface area contributed by atoms with Gasteiger partial charge in [-0.05, 0) is 29.0 Å². The van der Waals surface area contributed by atoms with Gasteiger partial charge in [-0.1, -0.05) is 48.5 Å². The van der Waals surface area contributed by atoms with Crippen LogP contribution in [-0.4, -0.2) is 51.6 Å². The first-order chi connectivity index (χ1) is 15.1. The van der Waals surface area contributed by atoms with Crippen molar-refractivity contribution in [3.05, 3.63) is 77.9 Å². The van der Waals surface area contributed by atoms with Crippen LogP contribution in [0.1, 0.15) is 15.9 Å². The summed E-state index contributed by atoms with van der Waals surface area (Å²) in [4.78, 5) is 27.2. The van der Waals surface area contributed by atoms with Crippen molar-refractivity contribution in [3.8, 4) is 0 Å². The second kappa shape index (κ2) is 9.73. The van der Waals surface area contributed by atoms with E-state index in [2.05, 4.69) is 53.1 Å². The third kappa shape index (κ3) is 5.29. The number of carbonyl (C=O) groups excluding carboxylic acids is 2. The van der Waals surface area contributed by atoms with Crippen molar-refractivity contribution >= 4 is 28.3 Å². The van der Waals surface area contributed by atoms with Crippen LogP contribution in [0.2, 0.25) is 0 Å². The van der Waals surface area contributed by atoms with Gasteiger partial charge in [0.25, 0.3) is 11.8 Å². The summed E-state index contributed by atoms with van der Waals surface area (Å²) in [6.07, 6.45) is 0. The van der Waals surface area contributed by atoms with E-state index in [-0.39, 0.29) is 11.8 Å². The van der Waals surface area contributed by atoms with E-state index in [1.165, 1.54) is 21.2 Å². The molecule has 6 heteroatoms. The zero-order valence-electron chi connectivity index (χ0n) is 17.9. The molecule has 3 aromatic rings. The van der Waals surface area contributed by atoms with Gasteiger partial charge in [-0.2, -0.15) is 0 Å². The van der Waals surface area contributed by atoms with Crippen LogP contribution in [0.3, 0.4) is 0 Å². The number of amides is 2. The molecule has 0 unspecified atom stereocenters. The topological polar surface area (TPSA) is 67.1 Å². The number of carbonyl (C=O) groups is 2. The number of quaternary nitrogens is 2. The largest absolute Gasteiger partial charge is 0.355 e. The van der Waals surface area contributed by atoms with E-state index < -0.39 is 0 Å². The lowest BCUT2D eigenvalue weighted by Gasteiger charge is -2.29. The van der Waals surface area contributed by atoms with E-state index in [4.69, 9.17) is 0 Å². The smallest absolute Gasteiger partial charge is 0.279 e. The number of rotatable bonds is 6. The Balaban J connectivity index is 1.28. The molecule has 4 N–H and O–H groups in total. The molecule has 0 aromatic heterocycles. The van der Waals surface area contributed by atoms with Gasteiger partial charge in [0.05, 0.1) is 0 Å². The summed E-state index contributed by atoms with van der Waals surface area (Å²) in [6.45, 7) is 5.53. The van der Waals surface area contributed by atoms with E-state index in [1.54, 1.807) is 30.1 Å². The van der Waals surface area contributed by atoms with Gasteiger partial charge in [-0.15, -0.1) is 0 Å². The van der Waals surface area contributed by atoms with Crippen LogP contribution in [0, 0.1) is 0 Å². The van der Waals surface area contributed by atoms with E-state index >= 15 is 0 Å². The van der Waals surface area contributed by atoms with Gasteiger partial charge < -0.3 is 20.4 Å². The van der Waals surface area contributed by atoms with Crippen molar-refractivity contribution in [2.75, 3.05) is 45.1 Å². The van der Waals surface area contributed by atoms with Crippen molar-refractivity contribution in [1.29, 1.82) is 0 Å². The molecule has 3 aromatic carbocycles.